The highest BCUT2D eigenvalue weighted by molar-refractivity contribution is 5.56. The Morgan fingerprint density at radius 1 is 1.12 bits per heavy atom. The van der Waals surface area contributed by atoms with Gasteiger partial charge < -0.3 is 29.2 Å². The zero-order chi connectivity index (χ0) is 18.4. The lowest BCUT2D eigenvalue weighted by molar-refractivity contribution is 0.0304. The molecule has 2 aromatic rings. The van der Waals surface area contributed by atoms with Gasteiger partial charge in [-0.3, -0.25) is 0 Å². The number of aliphatic hydroxyl groups excluding tert-OH is 2. The van der Waals surface area contributed by atoms with Gasteiger partial charge in [-0.05, 0) is 42.3 Å². The first kappa shape index (κ1) is 17.0. The van der Waals surface area contributed by atoms with E-state index in [1.54, 1.807) is 20.1 Å². The van der Waals surface area contributed by atoms with Crippen LogP contribution >= 0.6 is 0 Å². The van der Waals surface area contributed by atoms with Gasteiger partial charge in [0, 0.05) is 11.5 Å². The number of hydrogen-bond acceptors (Lipinski definition) is 6. The smallest absolute Gasteiger partial charge is 0.231 e. The summed E-state index contributed by atoms with van der Waals surface area (Å²) in [5.74, 6) is 2.71. The van der Waals surface area contributed by atoms with Gasteiger partial charge in [0.1, 0.15) is 12.2 Å². The lowest BCUT2D eigenvalue weighted by Crippen LogP contribution is -2.14. The fourth-order valence-corrected chi connectivity index (χ4v) is 3.55. The topological polar surface area (TPSA) is 77.4 Å². The Bertz CT molecular complexity index is 831. The van der Waals surface area contributed by atoms with Crippen molar-refractivity contribution in [3.63, 3.8) is 0 Å². The molecule has 0 amide bonds. The number of aliphatic hydroxyl groups is 2. The second-order valence-corrected chi connectivity index (χ2v) is 6.77. The third-order valence-electron chi connectivity index (χ3n) is 5.04. The SMILES string of the molecule is COc1cc([C@@H](O)[C@H](C)O)cc2c1O[C@H](c1ccc3c(c1)OCO3)[C@H]2C. The number of hydrogen-bond donors (Lipinski definition) is 2. The number of benzene rings is 2. The summed E-state index contributed by atoms with van der Waals surface area (Å²) in [5, 5.41) is 20.0. The van der Waals surface area contributed by atoms with Crippen LogP contribution < -0.4 is 18.9 Å². The minimum absolute atomic E-state index is 0.0421. The van der Waals surface area contributed by atoms with Gasteiger partial charge in [0.25, 0.3) is 0 Å². The van der Waals surface area contributed by atoms with Crippen LogP contribution in [0.25, 0.3) is 0 Å². The second-order valence-electron chi connectivity index (χ2n) is 6.77. The summed E-state index contributed by atoms with van der Waals surface area (Å²) in [5.41, 5.74) is 2.54. The van der Waals surface area contributed by atoms with Crippen LogP contribution in [0, 0.1) is 0 Å². The summed E-state index contributed by atoms with van der Waals surface area (Å²) in [6.07, 6.45) is -2.06. The van der Waals surface area contributed by atoms with Crippen LogP contribution in [0.2, 0.25) is 0 Å². The molecule has 4 rings (SSSR count). The van der Waals surface area contributed by atoms with Crippen molar-refractivity contribution in [3.05, 3.63) is 47.0 Å². The molecule has 2 aromatic carbocycles. The second kappa shape index (κ2) is 6.37. The fraction of sp³-hybridized carbons (Fsp3) is 0.400. The van der Waals surface area contributed by atoms with Gasteiger partial charge >= 0.3 is 0 Å². The molecule has 0 radical (unpaired) electrons. The van der Waals surface area contributed by atoms with E-state index < -0.39 is 12.2 Å². The molecule has 6 heteroatoms. The average Bonchev–Trinajstić information content (AvgIpc) is 3.24. The van der Waals surface area contributed by atoms with Crippen LogP contribution in [-0.2, 0) is 0 Å². The molecule has 0 aliphatic carbocycles. The molecule has 6 nitrogen and oxygen atoms in total. The highest BCUT2D eigenvalue weighted by Crippen LogP contribution is 2.52. The van der Waals surface area contributed by atoms with Crippen LogP contribution in [0.5, 0.6) is 23.0 Å². The van der Waals surface area contributed by atoms with Crippen molar-refractivity contribution >= 4 is 0 Å². The Hall–Kier alpha value is -2.44. The maximum Gasteiger partial charge on any atom is 0.231 e. The molecule has 26 heavy (non-hydrogen) atoms. The third kappa shape index (κ3) is 2.66. The minimum atomic E-state index is -0.981. The zero-order valence-corrected chi connectivity index (χ0v) is 14.9. The first-order valence-electron chi connectivity index (χ1n) is 8.63. The molecule has 0 unspecified atom stereocenters. The van der Waals surface area contributed by atoms with Gasteiger partial charge in [0.2, 0.25) is 6.79 Å². The number of rotatable bonds is 4. The lowest BCUT2D eigenvalue weighted by Gasteiger charge is -2.17. The molecule has 2 aliphatic rings. The Kier molecular flexibility index (Phi) is 4.17. The molecule has 4 atom stereocenters. The molecule has 2 aliphatic heterocycles. The van der Waals surface area contributed by atoms with Crippen molar-refractivity contribution in [1.29, 1.82) is 0 Å². The van der Waals surface area contributed by atoms with E-state index in [-0.39, 0.29) is 18.8 Å². The highest BCUT2D eigenvalue weighted by atomic mass is 16.7. The van der Waals surface area contributed by atoms with Crippen LogP contribution in [0.1, 0.15) is 48.7 Å². The molecular weight excluding hydrogens is 336 g/mol. The molecule has 0 spiro atoms. The highest BCUT2D eigenvalue weighted by Gasteiger charge is 2.36. The lowest BCUT2D eigenvalue weighted by atomic mass is 9.90. The quantitative estimate of drug-likeness (QED) is 0.875. The molecule has 0 bridgehead atoms. The fourth-order valence-electron chi connectivity index (χ4n) is 3.55. The molecule has 0 saturated carbocycles. The first-order chi connectivity index (χ1) is 12.5. The van der Waals surface area contributed by atoms with Crippen molar-refractivity contribution < 1.29 is 29.2 Å². The van der Waals surface area contributed by atoms with E-state index in [2.05, 4.69) is 6.92 Å². The first-order valence-corrected chi connectivity index (χ1v) is 8.63. The van der Waals surface area contributed by atoms with E-state index in [0.717, 1.165) is 16.9 Å². The molecule has 2 heterocycles. The minimum Gasteiger partial charge on any atom is -0.493 e. The van der Waals surface area contributed by atoms with Gasteiger partial charge in [-0.1, -0.05) is 13.0 Å². The summed E-state index contributed by atoms with van der Waals surface area (Å²) in [4.78, 5) is 0. The van der Waals surface area contributed by atoms with Crippen molar-refractivity contribution in [2.75, 3.05) is 13.9 Å². The largest absolute Gasteiger partial charge is 0.493 e. The maximum atomic E-state index is 10.2. The summed E-state index contributed by atoms with van der Waals surface area (Å²) in [6, 6.07) is 9.39. The van der Waals surface area contributed by atoms with Gasteiger partial charge in [-0.25, -0.2) is 0 Å². The normalized spacial score (nSPS) is 22.5. The third-order valence-corrected chi connectivity index (χ3v) is 5.04. The van der Waals surface area contributed by atoms with Gasteiger partial charge in [0.15, 0.2) is 23.0 Å². The Morgan fingerprint density at radius 3 is 2.62 bits per heavy atom. The summed E-state index contributed by atoms with van der Waals surface area (Å²) in [6.45, 7) is 3.85. The summed E-state index contributed by atoms with van der Waals surface area (Å²) >= 11 is 0. The predicted octanol–water partition coefficient (Wildman–Crippen LogP) is 3.08. The van der Waals surface area contributed by atoms with Gasteiger partial charge in [0.05, 0.1) is 13.2 Å². The molecule has 0 aromatic heterocycles. The average molecular weight is 358 g/mol. The Labute approximate surface area is 151 Å². The van der Waals surface area contributed by atoms with Crippen LogP contribution in [0.4, 0.5) is 0 Å². The van der Waals surface area contributed by atoms with E-state index >= 15 is 0 Å². The number of fused-ring (bicyclic) bond motifs is 2. The van der Waals surface area contributed by atoms with Gasteiger partial charge in [-0.2, -0.15) is 0 Å². The van der Waals surface area contributed by atoms with Crippen molar-refractivity contribution in [3.8, 4) is 23.0 Å². The van der Waals surface area contributed by atoms with E-state index in [1.165, 1.54) is 0 Å². The number of ether oxygens (including phenoxy) is 4. The van der Waals surface area contributed by atoms with Crippen LogP contribution in [0.15, 0.2) is 30.3 Å². The summed E-state index contributed by atoms with van der Waals surface area (Å²) in [7, 11) is 1.57. The van der Waals surface area contributed by atoms with Crippen LogP contribution in [0.3, 0.4) is 0 Å². The van der Waals surface area contributed by atoms with Crippen LogP contribution in [-0.4, -0.2) is 30.2 Å². The zero-order valence-electron chi connectivity index (χ0n) is 14.9. The molecular formula is C20H22O6. The predicted molar refractivity (Wildman–Crippen MR) is 94.0 cm³/mol. The van der Waals surface area contributed by atoms with E-state index in [1.807, 2.05) is 24.3 Å². The van der Waals surface area contributed by atoms with E-state index in [4.69, 9.17) is 18.9 Å². The van der Waals surface area contributed by atoms with Crippen molar-refractivity contribution in [1.82, 2.24) is 0 Å². The monoisotopic (exact) mass is 358 g/mol. The van der Waals surface area contributed by atoms with Gasteiger partial charge in [-0.15, -0.1) is 0 Å². The van der Waals surface area contributed by atoms with E-state index in [0.29, 0.717) is 22.8 Å². The number of methoxy groups -OCH3 is 1. The standard InChI is InChI=1S/C20H22O6/c1-10-14-6-13(18(22)11(2)21)8-17(23-3)20(14)26-19(10)12-4-5-15-16(7-12)25-9-24-15/h4-8,10-11,18-19,21-22H,9H2,1-3H3/t10-,11-,18-,19-/m0/s1. The summed E-state index contributed by atoms with van der Waals surface area (Å²) < 4.78 is 22.5. The molecule has 0 fully saturated rings. The van der Waals surface area contributed by atoms with Crippen molar-refractivity contribution in [2.24, 2.45) is 0 Å². The molecule has 138 valence electrons. The molecule has 0 saturated heterocycles. The maximum absolute atomic E-state index is 10.2. The van der Waals surface area contributed by atoms with E-state index in [9.17, 15) is 10.2 Å². The van der Waals surface area contributed by atoms with Crippen molar-refractivity contribution in [2.45, 2.75) is 38.1 Å². The Morgan fingerprint density at radius 2 is 1.88 bits per heavy atom. The Balaban J connectivity index is 1.71. The molecule has 2 N–H and O–H groups in total.